The first-order valence-corrected chi connectivity index (χ1v) is 6.87. The molecule has 1 aliphatic heterocycles. The summed E-state index contributed by atoms with van der Waals surface area (Å²) in [5.74, 6) is 0. The van der Waals surface area contributed by atoms with Gasteiger partial charge in [-0.25, -0.2) is 0 Å². The SMILES string of the molecule is CCOC(Cc1ccccc1)N1CCN(C)CC1.Cl.Cl. The normalized spacial score (nSPS) is 17.9. The van der Waals surface area contributed by atoms with E-state index in [1.807, 2.05) is 0 Å². The zero-order valence-corrected chi connectivity index (χ0v) is 14.0. The number of nitrogens with zero attached hydrogens (tertiary/aromatic N) is 2. The highest BCUT2D eigenvalue weighted by atomic mass is 35.5. The molecule has 20 heavy (non-hydrogen) atoms. The molecule has 1 aromatic carbocycles. The van der Waals surface area contributed by atoms with Crippen molar-refractivity contribution in [2.24, 2.45) is 0 Å². The molecule has 0 aromatic heterocycles. The highest BCUT2D eigenvalue weighted by Gasteiger charge is 2.22. The molecule has 1 atom stereocenters. The second-order valence-electron chi connectivity index (χ2n) is 4.94. The lowest BCUT2D eigenvalue weighted by Crippen LogP contribution is -2.50. The number of rotatable bonds is 5. The maximum absolute atomic E-state index is 5.93. The number of ether oxygens (including phenoxy) is 1. The van der Waals surface area contributed by atoms with Crippen molar-refractivity contribution in [3.05, 3.63) is 35.9 Å². The van der Waals surface area contributed by atoms with Crippen molar-refractivity contribution in [1.29, 1.82) is 0 Å². The summed E-state index contributed by atoms with van der Waals surface area (Å²) in [5, 5.41) is 0. The number of hydrogen-bond acceptors (Lipinski definition) is 3. The van der Waals surface area contributed by atoms with Crippen LogP contribution in [0.15, 0.2) is 30.3 Å². The van der Waals surface area contributed by atoms with Crippen LogP contribution in [0.2, 0.25) is 0 Å². The summed E-state index contributed by atoms with van der Waals surface area (Å²) in [5.41, 5.74) is 1.36. The third kappa shape index (κ3) is 5.98. The maximum atomic E-state index is 5.93. The van der Waals surface area contributed by atoms with Crippen LogP contribution in [0.3, 0.4) is 0 Å². The van der Waals surface area contributed by atoms with Crippen LogP contribution < -0.4 is 0 Å². The molecule has 1 aliphatic rings. The Morgan fingerprint density at radius 1 is 1.05 bits per heavy atom. The summed E-state index contributed by atoms with van der Waals surface area (Å²) in [6.45, 7) is 7.34. The van der Waals surface area contributed by atoms with Gasteiger partial charge in [-0.15, -0.1) is 24.8 Å². The van der Waals surface area contributed by atoms with E-state index in [2.05, 4.69) is 54.1 Å². The zero-order valence-electron chi connectivity index (χ0n) is 12.3. The minimum absolute atomic E-state index is 0. The predicted octanol–water partition coefficient (Wildman–Crippen LogP) is 2.68. The molecule has 1 heterocycles. The quantitative estimate of drug-likeness (QED) is 0.829. The molecule has 2 rings (SSSR count). The van der Waals surface area contributed by atoms with Crippen LogP contribution in [0.4, 0.5) is 0 Å². The van der Waals surface area contributed by atoms with Gasteiger partial charge >= 0.3 is 0 Å². The van der Waals surface area contributed by atoms with E-state index >= 15 is 0 Å². The minimum atomic E-state index is 0. The third-order valence-corrected chi connectivity index (χ3v) is 3.56. The van der Waals surface area contributed by atoms with Crippen LogP contribution in [-0.4, -0.2) is 55.9 Å². The van der Waals surface area contributed by atoms with Crippen LogP contribution in [0.1, 0.15) is 12.5 Å². The van der Waals surface area contributed by atoms with E-state index in [1.54, 1.807) is 0 Å². The fourth-order valence-corrected chi connectivity index (χ4v) is 2.41. The zero-order chi connectivity index (χ0) is 12.8. The van der Waals surface area contributed by atoms with E-state index in [-0.39, 0.29) is 31.0 Å². The van der Waals surface area contributed by atoms with Crippen molar-refractivity contribution in [2.45, 2.75) is 19.6 Å². The smallest absolute Gasteiger partial charge is 0.114 e. The van der Waals surface area contributed by atoms with Gasteiger partial charge < -0.3 is 9.64 Å². The molecule has 0 amide bonds. The van der Waals surface area contributed by atoms with E-state index in [4.69, 9.17) is 4.74 Å². The largest absolute Gasteiger partial charge is 0.363 e. The topological polar surface area (TPSA) is 15.7 Å². The van der Waals surface area contributed by atoms with Gasteiger partial charge in [-0.1, -0.05) is 30.3 Å². The van der Waals surface area contributed by atoms with Crippen LogP contribution in [0.5, 0.6) is 0 Å². The molecular formula is C15H26Cl2N2O. The molecular weight excluding hydrogens is 295 g/mol. The summed E-state index contributed by atoms with van der Waals surface area (Å²) in [7, 11) is 2.18. The van der Waals surface area contributed by atoms with Gasteiger partial charge in [0.1, 0.15) is 6.23 Å². The van der Waals surface area contributed by atoms with Crippen molar-refractivity contribution < 1.29 is 4.74 Å². The van der Waals surface area contributed by atoms with Crippen molar-refractivity contribution in [1.82, 2.24) is 9.80 Å². The average Bonchev–Trinajstić information content (AvgIpc) is 2.40. The van der Waals surface area contributed by atoms with Gasteiger partial charge in [0.25, 0.3) is 0 Å². The highest BCUT2D eigenvalue weighted by Crippen LogP contribution is 2.12. The lowest BCUT2D eigenvalue weighted by molar-refractivity contribution is -0.0690. The molecule has 0 aliphatic carbocycles. The van der Waals surface area contributed by atoms with Crippen LogP contribution in [0.25, 0.3) is 0 Å². The Morgan fingerprint density at radius 2 is 1.65 bits per heavy atom. The number of benzene rings is 1. The maximum Gasteiger partial charge on any atom is 0.114 e. The standard InChI is InChI=1S/C15H24N2O.2ClH/c1-3-18-15(13-14-7-5-4-6-8-14)17-11-9-16(2)10-12-17;;/h4-8,15H,3,9-13H2,1-2H3;2*1H. The van der Waals surface area contributed by atoms with Crippen LogP contribution in [0, 0.1) is 0 Å². The van der Waals surface area contributed by atoms with Gasteiger partial charge in [0.05, 0.1) is 0 Å². The molecule has 0 radical (unpaired) electrons. The first-order chi connectivity index (χ1) is 8.79. The summed E-state index contributed by atoms with van der Waals surface area (Å²) in [4.78, 5) is 4.85. The third-order valence-electron chi connectivity index (χ3n) is 3.56. The number of likely N-dealkylation sites (N-methyl/N-ethyl adjacent to an activating group) is 1. The Bertz CT molecular complexity index is 343. The molecule has 1 aromatic rings. The number of piperazine rings is 1. The molecule has 0 N–H and O–H groups in total. The lowest BCUT2D eigenvalue weighted by Gasteiger charge is -2.37. The van der Waals surface area contributed by atoms with Crippen molar-refractivity contribution in [3.63, 3.8) is 0 Å². The predicted molar refractivity (Wildman–Crippen MR) is 89.1 cm³/mol. The minimum Gasteiger partial charge on any atom is -0.363 e. The first kappa shape index (κ1) is 19.7. The van der Waals surface area contributed by atoms with E-state index in [0.717, 1.165) is 39.2 Å². The van der Waals surface area contributed by atoms with Gasteiger partial charge in [0.15, 0.2) is 0 Å². The van der Waals surface area contributed by atoms with Gasteiger partial charge in [-0.2, -0.15) is 0 Å². The number of hydrogen-bond donors (Lipinski definition) is 0. The summed E-state index contributed by atoms with van der Waals surface area (Å²) in [6, 6.07) is 10.6. The Kier molecular flexibility index (Phi) is 10.2. The second kappa shape index (κ2) is 10.4. The van der Waals surface area contributed by atoms with Gasteiger partial charge in [0.2, 0.25) is 0 Å². The second-order valence-corrected chi connectivity index (χ2v) is 4.94. The fraction of sp³-hybridized carbons (Fsp3) is 0.600. The van der Waals surface area contributed by atoms with Gasteiger partial charge in [0, 0.05) is 39.2 Å². The van der Waals surface area contributed by atoms with Crippen LogP contribution >= 0.6 is 24.8 Å². The number of halogens is 2. The molecule has 1 fully saturated rings. The highest BCUT2D eigenvalue weighted by molar-refractivity contribution is 5.85. The average molecular weight is 321 g/mol. The van der Waals surface area contributed by atoms with E-state index in [1.165, 1.54) is 5.56 Å². The Morgan fingerprint density at radius 3 is 2.20 bits per heavy atom. The van der Waals surface area contributed by atoms with Gasteiger partial charge in [-0.3, -0.25) is 4.90 Å². The Balaban J connectivity index is 0.00000180. The molecule has 0 bridgehead atoms. The fourth-order valence-electron chi connectivity index (χ4n) is 2.41. The van der Waals surface area contributed by atoms with Crippen molar-refractivity contribution >= 4 is 24.8 Å². The molecule has 5 heteroatoms. The van der Waals surface area contributed by atoms with Gasteiger partial charge in [-0.05, 0) is 19.5 Å². The summed E-state index contributed by atoms with van der Waals surface area (Å²) < 4.78 is 5.93. The summed E-state index contributed by atoms with van der Waals surface area (Å²) >= 11 is 0. The van der Waals surface area contributed by atoms with Crippen molar-refractivity contribution in [2.75, 3.05) is 39.8 Å². The van der Waals surface area contributed by atoms with E-state index < -0.39 is 0 Å². The van der Waals surface area contributed by atoms with Crippen molar-refractivity contribution in [3.8, 4) is 0 Å². The lowest BCUT2D eigenvalue weighted by atomic mass is 10.1. The molecule has 116 valence electrons. The molecule has 1 unspecified atom stereocenters. The molecule has 0 saturated carbocycles. The molecule has 0 spiro atoms. The van der Waals surface area contributed by atoms with E-state index in [0.29, 0.717) is 0 Å². The monoisotopic (exact) mass is 320 g/mol. The Labute approximate surface area is 135 Å². The molecule has 1 saturated heterocycles. The van der Waals surface area contributed by atoms with Crippen LogP contribution in [-0.2, 0) is 11.2 Å². The first-order valence-electron chi connectivity index (χ1n) is 6.87. The van der Waals surface area contributed by atoms with E-state index in [9.17, 15) is 0 Å². The Hall–Kier alpha value is -0.320. The summed E-state index contributed by atoms with van der Waals surface area (Å²) in [6.07, 6.45) is 1.21. The molecule has 3 nitrogen and oxygen atoms in total.